The van der Waals surface area contributed by atoms with Gasteiger partial charge < -0.3 is 10.6 Å². The van der Waals surface area contributed by atoms with Crippen molar-refractivity contribution in [2.45, 2.75) is 6.42 Å². The van der Waals surface area contributed by atoms with Crippen molar-refractivity contribution >= 4 is 45.6 Å². The van der Waals surface area contributed by atoms with Crippen LogP contribution < -0.4 is 10.6 Å². The van der Waals surface area contributed by atoms with Gasteiger partial charge in [-0.2, -0.15) is 0 Å². The highest BCUT2D eigenvalue weighted by Crippen LogP contribution is 2.55. The van der Waals surface area contributed by atoms with Gasteiger partial charge >= 0.3 is 0 Å². The number of hydrogen-bond acceptors (Lipinski definition) is 6. The Kier molecular flexibility index (Phi) is 4.27. The fraction of sp³-hybridized carbons (Fsp3) is 0.190. The first-order valence-corrected chi connectivity index (χ1v) is 9.71. The number of fused-ring (bicyclic) bond motifs is 2. The highest BCUT2D eigenvalue weighted by Gasteiger charge is 2.61. The smallest absolute Gasteiger partial charge is 0.285 e. The molecule has 8 nitrogen and oxygen atoms in total. The van der Waals surface area contributed by atoms with E-state index in [0.717, 1.165) is 0 Å². The molecule has 1 saturated carbocycles. The molecule has 0 radical (unpaired) electrons. The van der Waals surface area contributed by atoms with Crippen LogP contribution in [0.4, 0.5) is 21.6 Å². The van der Waals surface area contributed by atoms with Crippen LogP contribution in [-0.2, 0) is 4.79 Å². The summed E-state index contributed by atoms with van der Waals surface area (Å²) in [5, 5.41) is 17.6. The Morgan fingerprint density at radius 2 is 2.19 bits per heavy atom. The minimum atomic E-state index is -0.661. The molecule has 2 aliphatic rings. The van der Waals surface area contributed by atoms with E-state index in [1.165, 1.54) is 30.6 Å². The number of hydrogen-bond donors (Lipinski definition) is 2. The van der Waals surface area contributed by atoms with Gasteiger partial charge in [-0.3, -0.25) is 14.9 Å². The molecule has 2 aromatic carbocycles. The number of benzene rings is 2. The minimum Gasteiger partial charge on any atom is -0.354 e. The first-order chi connectivity index (χ1) is 14.9. The molecular weight excluding hydrogens is 425 g/mol. The molecule has 1 saturated heterocycles. The molecule has 10 heteroatoms. The molecule has 2 fully saturated rings. The van der Waals surface area contributed by atoms with Gasteiger partial charge in [-0.05, 0) is 24.6 Å². The molecule has 31 heavy (non-hydrogen) atoms. The molecule has 2 atom stereocenters. The average molecular weight is 438 g/mol. The Morgan fingerprint density at radius 1 is 1.35 bits per heavy atom. The van der Waals surface area contributed by atoms with E-state index in [-0.39, 0.29) is 39.6 Å². The zero-order valence-corrected chi connectivity index (χ0v) is 16.5. The standard InChI is InChI=1S/C21H13ClFN5O3/c22-14-2-1-3-15(18(14)23)27-19-12-7-17(28(30)31)11(6-16(12)25-10-26-19)4-5-21-8-13(21)20(29)24-9-21/h1-3,6-7,10,13H,8-9H2,(H,24,29)(H,25,26,27)/t13-,21+/m1/s1. The van der Waals surface area contributed by atoms with Gasteiger partial charge in [0.2, 0.25) is 5.91 Å². The summed E-state index contributed by atoms with van der Waals surface area (Å²) in [5.41, 5.74) is 0.00457. The van der Waals surface area contributed by atoms with Gasteiger partial charge in [0, 0.05) is 18.0 Å². The van der Waals surface area contributed by atoms with Gasteiger partial charge in [-0.25, -0.2) is 14.4 Å². The molecule has 0 bridgehead atoms. The third-order valence-corrected chi connectivity index (χ3v) is 5.86. The summed E-state index contributed by atoms with van der Waals surface area (Å²) in [6.45, 7) is 0.451. The van der Waals surface area contributed by atoms with Crippen molar-refractivity contribution in [1.29, 1.82) is 0 Å². The molecule has 1 amide bonds. The van der Waals surface area contributed by atoms with Gasteiger partial charge in [0.25, 0.3) is 5.69 Å². The fourth-order valence-electron chi connectivity index (χ4n) is 3.76. The van der Waals surface area contributed by atoms with E-state index in [0.29, 0.717) is 23.9 Å². The Hall–Kier alpha value is -3.77. The Balaban J connectivity index is 1.58. The van der Waals surface area contributed by atoms with E-state index < -0.39 is 16.2 Å². The third kappa shape index (κ3) is 3.21. The van der Waals surface area contributed by atoms with E-state index >= 15 is 0 Å². The number of nitro groups is 1. The van der Waals surface area contributed by atoms with Crippen LogP contribution in [0.2, 0.25) is 5.02 Å². The number of nitro benzene ring substituents is 1. The van der Waals surface area contributed by atoms with Crippen LogP contribution in [0.1, 0.15) is 12.0 Å². The minimum absolute atomic E-state index is 0.0287. The molecule has 0 spiro atoms. The molecule has 5 rings (SSSR count). The van der Waals surface area contributed by atoms with Crippen molar-refractivity contribution in [1.82, 2.24) is 15.3 Å². The maximum Gasteiger partial charge on any atom is 0.285 e. The summed E-state index contributed by atoms with van der Waals surface area (Å²) >= 11 is 5.82. The number of carbonyl (C=O) groups is 1. The maximum atomic E-state index is 14.3. The third-order valence-electron chi connectivity index (χ3n) is 5.57. The van der Waals surface area contributed by atoms with E-state index in [9.17, 15) is 19.3 Å². The number of carbonyl (C=O) groups excluding carboxylic acids is 1. The zero-order valence-electron chi connectivity index (χ0n) is 15.8. The van der Waals surface area contributed by atoms with E-state index in [1.54, 1.807) is 6.07 Å². The van der Waals surface area contributed by atoms with Crippen LogP contribution in [0.15, 0.2) is 36.7 Å². The number of amides is 1. The van der Waals surface area contributed by atoms with E-state index in [2.05, 4.69) is 32.4 Å². The molecule has 1 aromatic heterocycles. The van der Waals surface area contributed by atoms with Crippen molar-refractivity contribution in [2.75, 3.05) is 11.9 Å². The second kappa shape index (κ2) is 6.89. The lowest BCUT2D eigenvalue weighted by Crippen LogP contribution is -2.20. The second-order valence-electron chi connectivity index (χ2n) is 7.47. The van der Waals surface area contributed by atoms with Crippen LogP contribution in [0.25, 0.3) is 10.9 Å². The Labute approximate surface area is 180 Å². The van der Waals surface area contributed by atoms with Gasteiger partial charge in [0.05, 0.1) is 32.5 Å². The number of halogens is 2. The topological polar surface area (TPSA) is 110 Å². The van der Waals surface area contributed by atoms with Crippen molar-refractivity contribution in [3.63, 3.8) is 0 Å². The largest absolute Gasteiger partial charge is 0.354 e. The predicted octanol–water partition coefficient (Wildman–Crippen LogP) is 3.56. The number of nitrogens with zero attached hydrogens (tertiary/aromatic N) is 3. The predicted molar refractivity (Wildman–Crippen MR) is 111 cm³/mol. The van der Waals surface area contributed by atoms with Gasteiger partial charge in [-0.15, -0.1) is 0 Å². The number of rotatable bonds is 3. The normalized spacial score (nSPS) is 21.1. The van der Waals surface area contributed by atoms with Crippen molar-refractivity contribution in [2.24, 2.45) is 11.3 Å². The Bertz CT molecular complexity index is 1350. The highest BCUT2D eigenvalue weighted by molar-refractivity contribution is 6.31. The number of anilines is 2. The summed E-state index contributed by atoms with van der Waals surface area (Å²) in [4.78, 5) is 31.1. The number of piperidine rings is 1. The highest BCUT2D eigenvalue weighted by atomic mass is 35.5. The maximum absolute atomic E-state index is 14.3. The van der Waals surface area contributed by atoms with Crippen LogP contribution >= 0.6 is 11.6 Å². The lowest BCUT2D eigenvalue weighted by Gasteiger charge is -2.10. The molecule has 2 N–H and O–H groups in total. The Morgan fingerprint density at radius 3 is 2.90 bits per heavy atom. The number of nitrogens with one attached hydrogen (secondary N) is 2. The summed E-state index contributed by atoms with van der Waals surface area (Å²) in [6, 6.07) is 7.27. The summed E-state index contributed by atoms with van der Waals surface area (Å²) < 4.78 is 14.3. The van der Waals surface area contributed by atoms with Gasteiger partial charge in [-0.1, -0.05) is 29.5 Å². The van der Waals surface area contributed by atoms with Crippen LogP contribution in [-0.4, -0.2) is 27.3 Å². The quantitative estimate of drug-likeness (QED) is 0.368. The zero-order chi connectivity index (χ0) is 21.8. The molecule has 3 aromatic rings. The summed E-state index contributed by atoms with van der Waals surface area (Å²) in [6.07, 6.45) is 1.93. The molecule has 1 aliphatic carbocycles. The lowest BCUT2D eigenvalue weighted by atomic mass is 10.0. The number of aromatic nitrogens is 2. The molecule has 1 aliphatic heterocycles. The monoisotopic (exact) mass is 437 g/mol. The van der Waals surface area contributed by atoms with Crippen molar-refractivity contribution in [3.05, 3.63) is 63.2 Å². The van der Waals surface area contributed by atoms with Crippen molar-refractivity contribution in [3.8, 4) is 11.8 Å². The van der Waals surface area contributed by atoms with Crippen LogP contribution in [0.5, 0.6) is 0 Å². The molecule has 0 unspecified atom stereocenters. The van der Waals surface area contributed by atoms with E-state index in [4.69, 9.17) is 11.6 Å². The second-order valence-corrected chi connectivity index (χ2v) is 7.88. The lowest BCUT2D eigenvalue weighted by molar-refractivity contribution is -0.385. The first-order valence-electron chi connectivity index (χ1n) is 9.33. The average Bonchev–Trinajstić information content (AvgIpc) is 3.40. The molecule has 2 heterocycles. The van der Waals surface area contributed by atoms with Crippen molar-refractivity contribution < 1.29 is 14.1 Å². The first kappa shape index (κ1) is 19.2. The van der Waals surface area contributed by atoms with Crippen LogP contribution in [0, 0.1) is 39.1 Å². The summed E-state index contributed by atoms with van der Waals surface area (Å²) in [5.74, 6) is 5.28. The van der Waals surface area contributed by atoms with Gasteiger partial charge in [0.1, 0.15) is 17.7 Å². The van der Waals surface area contributed by atoms with E-state index in [1.807, 2.05) is 0 Å². The molecular formula is C21H13ClFN5O3. The fourth-order valence-corrected chi connectivity index (χ4v) is 3.93. The van der Waals surface area contributed by atoms with Crippen LogP contribution in [0.3, 0.4) is 0 Å². The summed E-state index contributed by atoms with van der Waals surface area (Å²) in [7, 11) is 0. The van der Waals surface area contributed by atoms with Gasteiger partial charge in [0.15, 0.2) is 5.82 Å². The molecule has 154 valence electrons. The SMILES string of the molecule is O=C1NC[C@]2(C#Cc3cc4ncnc(Nc5cccc(Cl)c5F)c4cc3[N+](=O)[O-])C[C@H]12.